The van der Waals surface area contributed by atoms with Crippen LogP contribution in [-0.2, 0) is 6.42 Å². The number of aryl methyl sites for hydroxylation is 1. The van der Waals surface area contributed by atoms with Crippen LogP contribution in [-0.4, -0.2) is 4.98 Å². The highest BCUT2D eigenvalue weighted by molar-refractivity contribution is 7.22. The van der Waals surface area contributed by atoms with Crippen molar-refractivity contribution in [2.75, 3.05) is 0 Å². The molecule has 7 heteroatoms. The molecule has 32 heavy (non-hydrogen) atoms. The average molecular weight is 479 g/mol. The Morgan fingerprint density at radius 2 is 1.81 bits per heavy atom. The number of halogens is 2. The second-order valence-electron chi connectivity index (χ2n) is 7.56. The summed E-state index contributed by atoms with van der Waals surface area (Å²) in [6.45, 7) is 2.03. The number of hydrogen-bond acceptors (Lipinski definition) is 5. The Hall–Kier alpha value is -2.78. The quantitative estimate of drug-likeness (QED) is 0.248. The number of hydrogen-bond donors (Lipinski definition) is 0. The Kier molecular flexibility index (Phi) is 7.16. The van der Waals surface area contributed by atoms with Crippen molar-refractivity contribution < 1.29 is 0 Å². The van der Waals surface area contributed by atoms with Crippen molar-refractivity contribution in [3.63, 3.8) is 0 Å². The van der Waals surface area contributed by atoms with Gasteiger partial charge in [-0.25, -0.2) is 4.98 Å². The molecule has 1 aromatic heterocycles. The first-order chi connectivity index (χ1) is 15.5. The van der Waals surface area contributed by atoms with Gasteiger partial charge in [0.25, 0.3) is 0 Å². The van der Waals surface area contributed by atoms with Crippen LogP contribution in [0.2, 0.25) is 10.0 Å². The van der Waals surface area contributed by atoms with Crippen LogP contribution in [0.1, 0.15) is 35.4 Å². The molecule has 160 valence electrons. The molecule has 0 N–H and O–H groups in total. The molecule has 0 radical (unpaired) electrons. The van der Waals surface area contributed by atoms with Crippen LogP contribution >= 0.6 is 34.5 Å². The van der Waals surface area contributed by atoms with Gasteiger partial charge in [-0.2, -0.15) is 5.26 Å². The molecule has 1 heterocycles. The number of nitrogens with zero attached hydrogens (tertiary/aromatic N) is 4. The van der Waals surface area contributed by atoms with E-state index in [2.05, 4.69) is 57.7 Å². The van der Waals surface area contributed by atoms with Crippen LogP contribution in [0.4, 0.5) is 10.8 Å². The number of fused-ring (bicyclic) bond motifs is 1. The summed E-state index contributed by atoms with van der Waals surface area (Å²) in [7, 11) is 0. The van der Waals surface area contributed by atoms with Gasteiger partial charge >= 0.3 is 0 Å². The van der Waals surface area contributed by atoms with Crippen molar-refractivity contribution in [1.29, 1.82) is 5.26 Å². The van der Waals surface area contributed by atoms with E-state index in [9.17, 15) is 0 Å². The first-order valence-electron chi connectivity index (χ1n) is 10.2. The molecule has 4 nitrogen and oxygen atoms in total. The van der Waals surface area contributed by atoms with E-state index in [4.69, 9.17) is 28.5 Å². The van der Waals surface area contributed by atoms with Crippen molar-refractivity contribution in [3.05, 3.63) is 87.4 Å². The van der Waals surface area contributed by atoms with Crippen LogP contribution in [0.15, 0.2) is 70.9 Å². The highest BCUT2D eigenvalue weighted by atomic mass is 35.5. The summed E-state index contributed by atoms with van der Waals surface area (Å²) in [6.07, 6.45) is 2.26. The van der Waals surface area contributed by atoms with Gasteiger partial charge in [0.05, 0.1) is 32.0 Å². The normalized spacial score (nSPS) is 12.3. The summed E-state index contributed by atoms with van der Waals surface area (Å²) in [4.78, 5) is 4.47. The highest BCUT2D eigenvalue weighted by Crippen LogP contribution is 2.35. The first kappa shape index (κ1) is 22.4. The monoisotopic (exact) mass is 478 g/mol. The summed E-state index contributed by atoms with van der Waals surface area (Å²) in [5.41, 5.74) is 5.07. The summed E-state index contributed by atoms with van der Waals surface area (Å²) in [5.74, 6) is 0.278. The maximum Gasteiger partial charge on any atom is 0.231 e. The molecule has 4 rings (SSSR count). The van der Waals surface area contributed by atoms with Gasteiger partial charge in [0, 0.05) is 6.42 Å². The lowest BCUT2D eigenvalue weighted by molar-refractivity contribution is 0.632. The standard InChI is InChI=1S/C25H20Cl2N4S/c1-16-12-19(18(8-5-11-28)13-17-6-3-2-4-7-17)9-10-22(16)30-31-25-29-23-14-20(26)21(27)15-24(23)32-25/h2-4,6-7,9-10,12,14-15,18H,5,8,13H2,1H3. The van der Waals surface area contributed by atoms with Crippen molar-refractivity contribution in [1.82, 2.24) is 4.98 Å². The van der Waals surface area contributed by atoms with E-state index >= 15 is 0 Å². The fraction of sp³-hybridized carbons (Fsp3) is 0.200. The zero-order chi connectivity index (χ0) is 22.5. The van der Waals surface area contributed by atoms with Crippen molar-refractivity contribution in [2.24, 2.45) is 10.2 Å². The minimum absolute atomic E-state index is 0.278. The molecule has 0 saturated heterocycles. The molecule has 0 amide bonds. The van der Waals surface area contributed by atoms with Crippen molar-refractivity contribution in [3.8, 4) is 6.07 Å². The van der Waals surface area contributed by atoms with Gasteiger partial charge in [-0.15, -0.1) is 10.2 Å². The maximum absolute atomic E-state index is 9.09. The number of thiazole rings is 1. The van der Waals surface area contributed by atoms with E-state index in [0.717, 1.165) is 34.3 Å². The van der Waals surface area contributed by atoms with E-state index in [-0.39, 0.29) is 5.92 Å². The third-order valence-electron chi connectivity index (χ3n) is 5.28. The molecule has 3 aromatic carbocycles. The number of rotatable bonds is 7. The summed E-state index contributed by atoms with van der Waals surface area (Å²) in [5, 5.41) is 19.4. The van der Waals surface area contributed by atoms with Crippen LogP contribution in [0, 0.1) is 18.3 Å². The fourth-order valence-electron chi connectivity index (χ4n) is 3.62. The number of aromatic nitrogens is 1. The molecule has 0 bridgehead atoms. The molecule has 0 fully saturated rings. The SMILES string of the molecule is Cc1cc(C(CCC#N)Cc2ccccc2)ccc1N=Nc1nc2cc(Cl)c(Cl)cc2s1. The van der Waals surface area contributed by atoms with E-state index in [1.54, 1.807) is 12.1 Å². The van der Waals surface area contributed by atoms with Gasteiger partial charge in [0.2, 0.25) is 5.13 Å². The Balaban J connectivity index is 1.55. The van der Waals surface area contributed by atoms with Gasteiger partial charge in [-0.05, 0) is 60.6 Å². The predicted molar refractivity (Wildman–Crippen MR) is 133 cm³/mol. The second-order valence-corrected chi connectivity index (χ2v) is 9.38. The van der Waals surface area contributed by atoms with Crippen molar-refractivity contribution >= 4 is 55.6 Å². The molecular formula is C25H20Cl2N4S. The third kappa shape index (κ3) is 5.34. The van der Waals surface area contributed by atoms with Gasteiger partial charge in [0.15, 0.2) is 0 Å². The van der Waals surface area contributed by atoms with Gasteiger partial charge in [-0.1, -0.05) is 77.0 Å². The van der Waals surface area contributed by atoms with Crippen molar-refractivity contribution in [2.45, 2.75) is 32.1 Å². The maximum atomic E-state index is 9.09. The smallest absolute Gasteiger partial charge is 0.217 e. The van der Waals surface area contributed by atoms with Gasteiger partial charge in [-0.3, -0.25) is 0 Å². The van der Waals surface area contributed by atoms with Crippen LogP contribution in [0.25, 0.3) is 10.2 Å². The summed E-state index contributed by atoms with van der Waals surface area (Å²) >= 11 is 13.6. The molecule has 0 saturated carbocycles. The molecule has 0 aliphatic rings. The Labute approximate surface area is 201 Å². The fourth-order valence-corrected chi connectivity index (χ4v) is 4.81. The Bertz CT molecular complexity index is 1270. The van der Waals surface area contributed by atoms with Crippen LogP contribution in [0.3, 0.4) is 0 Å². The van der Waals surface area contributed by atoms with E-state index in [1.807, 2.05) is 19.1 Å². The average Bonchev–Trinajstić information content (AvgIpc) is 3.18. The zero-order valence-corrected chi connectivity index (χ0v) is 19.8. The molecule has 0 aliphatic heterocycles. The Morgan fingerprint density at radius 1 is 1.03 bits per heavy atom. The first-order valence-corrected chi connectivity index (χ1v) is 11.8. The minimum atomic E-state index is 0.278. The largest absolute Gasteiger partial charge is 0.231 e. The number of azo groups is 1. The zero-order valence-electron chi connectivity index (χ0n) is 17.4. The van der Waals surface area contributed by atoms with Crippen LogP contribution in [0.5, 0.6) is 0 Å². The van der Waals surface area contributed by atoms with Gasteiger partial charge in [0.1, 0.15) is 0 Å². The van der Waals surface area contributed by atoms with E-state index < -0.39 is 0 Å². The molecule has 4 aromatic rings. The lowest BCUT2D eigenvalue weighted by Crippen LogP contribution is -2.03. The third-order valence-corrected chi connectivity index (χ3v) is 6.91. The summed E-state index contributed by atoms with van der Waals surface area (Å²) in [6, 6.07) is 22.4. The van der Waals surface area contributed by atoms with E-state index in [1.165, 1.54) is 22.5 Å². The molecule has 1 unspecified atom stereocenters. The molecule has 1 atom stereocenters. The minimum Gasteiger partial charge on any atom is -0.217 e. The lowest BCUT2D eigenvalue weighted by Gasteiger charge is -2.17. The van der Waals surface area contributed by atoms with Crippen LogP contribution < -0.4 is 0 Å². The molecule has 0 aliphatic carbocycles. The molecular weight excluding hydrogens is 459 g/mol. The van der Waals surface area contributed by atoms with E-state index in [0.29, 0.717) is 21.6 Å². The summed E-state index contributed by atoms with van der Waals surface area (Å²) < 4.78 is 0.918. The number of nitriles is 1. The van der Waals surface area contributed by atoms with Gasteiger partial charge < -0.3 is 0 Å². The molecule has 0 spiro atoms. The Morgan fingerprint density at radius 3 is 2.56 bits per heavy atom. The lowest BCUT2D eigenvalue weighted by atomic mass is 9.87. The topological polar surface area (TPSA) is 61.4 Å². The number of benzene rings is 3. The second kappa shape index (κ2) is 10.2. The highest BCUT2D eigenvalue weighted by Gasteiger charge is 2.14. The predicted octanol–water partition coefficient (Wildman–Crippen LogP) is 8.96.